The summed E-state index contributed by atoms with van der Waals surface area (Å²) in [5.74, 6) is -1.01. The molecular formula is C13H16INO5. The van der Waals surface area contributed by atoms with Crippen molar-refractivity contribution in [2.75, 3.05) is 20.3 Å². The van der Waals surface area contributed by atoms with E-state index in [0.717, 1.165) is 3.57 Å². The zero-order valence-electron chi connectivity index (χ0n) is 11.0. The number of carboxylic acid groups (broad SMARTS) is 1. The third-order valence-corrected chi connectivity index (χ3v) is 3.15. The maximum Gasteiger partial charge on any atom is 0.326 e. The zero-order chi connectivity index (χ0) is 15.0. The highest BCUT2D eigenvalue weighted by atomic mass is 127. The van der Waals surface area contributed by atoms with E-state index in [-0.39, 0.29) is 19.6 Å². The van der Waals surface area contributed by atoms with Gasteiger partial charge in [0.05, 0.1) is 0 Å². The predicted octanol–water partition coefficient (Wildman–Crippen LogP) is 1.28. The van der Waals surface area contributed by atoms with Crippen LogP contribution in [0.25, 0.3) is 0 Å². The number of carbonyl (C=O) groups is 2. The number of hydrogen-bond acceptors (Lipinski definition) is 4. The molecule has 0 aliphatic heterocycles. The molecule has 0 spiro atoms. The first-order valence-electron chi connectivity index (χ1n) is 5.92. The van der Waals surface area contributed by atoms with Crippen LogP contribution in [-0.2, 0) is 14.3 Å². The van der Waals surface area contributed by atoms with E-state index in [2.05, 4.69) is 27.9 Å². The zero-order valence-corrected chi connectivity index (χ0v) is 13.1. The van der Waals surface area contributed by atoms with Gasteiger partial charge in [-0.05, 0) is 46.9 Å². The summed E-state index contributed by atoms with van der Waals surface area (Å²) in [7, 11) is 1.47. The Morgan fingerprint density at radius 2 is 2.00 bits per heavy atom. The molecule has 0 aliphatic carbocycles. The second-order valence-electron chi connectivity index (χ2n) is 3.98. The van der Waals surface area contributed by atoms with Crippen molar-refractivity contribution in [3.8, 4) is 5.75 Å². The van der Waals surface area contributed by atoms with Crippen molar-refractivity contribution in [3.05, 3.63) is 27.8 Å². The monoisotopic (exact) mass is 393 g/mol. The summed E-state index contributed by atoms with van der Waals surface area (Å²) in [4.78, 5) is 22.6. The molecule has 1 rings (SSSR count). The number of amides is 1. The lowest BCUT2D eigenvalue weighted by Gasteiger charge is -2.14. The van der Waals surface area contributed by atoms with Crippen LogP contribution in [-0.4, -0.2) is 43.3 Å². The number of methoxy groups -OCH3 is 1. The number of carbonyl (C=O) groups excluding carboxylic acids is 1. The van der Waals surface area contributed by atoms with Crippen LogP contribution >= 0.6 is 22.6 Å². The second-order valence-corrected chi connectivity index (χ2v) is 5.23. The van der Waals surface area contributed by atoms with Crippen LogP contribution in [0.1, 0.15) is 6.42 Å². The Labute approximate surface area is 130 Å². The fourth-order valence-corrected chi connectivity index (χ4v) is 1.77. The van der Waals surface area contributed by atoms with E-state index in [9.17, 15) is 9.59 Å². The van der Waals surface area contributed by atoms with Crippen LogP contribution in [0.15, 0.2) is 24.3 Å². The molecule has 0 heterocycles. The average Bonchev–Trinajstić information content (AvgIpc) is 2.42. The van der Waals surface area contributed by atoms with Crippen molar-refractivity contribution in [2.24, 2.45) is 0 Å². The van der Waals surface area contributed by atoms with E-state index < -0.39 is 17.9 Å². The number of hydrogen-bond donors (Lipinski definition) is 2. The molecule has 110 valence electrons. The molecule has 20 heavy (non-hydrogen) atoms. The Morgan fingerprint density at radius 1 is 1.35 bits per heavy atom. The highest BCUT2D eigenvalue weighted by Crippen LogP contribution is 2.13. The number of rotatable bonds is 8. The van der Waals surface area contributed by atoms with Crippen molar-refractivity contribution >= 4 is 34.5 Å². The molecule has 0 bridgehead atoms. The van der Waals surface area contributed by atoms with Crippen LogP contribution in [0.3, 0.4) is 0 Å². The van der Waals surface area contributed by atoms with Crippen LogP contribution in [0, 0.1) is 3.57 Å². The standard InChI is InChI=1S/C13H16INO5/c1-19-7-6-11(13(17)18)15-12(16)8-20-10-4-2-9(14)3-5-10/h2-5,11H,6-8H2,1H3,(H,15,16)(H,17,18). The Bertz CT molecular complexity index is 449. The van der Waals surface area contributed by atoms with Gasteiger partial charge in [0.1, 0.15) is 11.8 Å². The lowest BCUT2D eigenvalue weighted by Crippen LogP contribution is -2.43. The Hall–Kier alpha value is -1.35. The number of nitrogens with one attached hydrogen (secondary N) is 1. The maximum atomic E-state index is 11.6. The molecule has 1 aromatic rings. The molecule has 0 aromatic heterocycles. The minimum Gasteiger partial charge on any atom is -0.484 e. The largest absolute Gasteiger partial charge is 0.484 e. The van der Waals surface area contributed by atoms with Crippen molar-refractivity contribution in [1.82, 2.24) is 5.32 Å². The van der Waals surface area contributed by atoms with E-state index in [0.29, 0.717) is 5.75 Å². The van der Waals surface area contributed by atoms with Gasteiger partial charge < -0.3 is 19.9 Å². The minimum atomic E-state index is -1.09. The molecule has 1 aromatic carbocycles. The summed E-state index contributed by atoms with van der Waals surface area (Å²) in [5, 5.41) is 11.3. The molecular weight excluding hydrogens is 377 g/mol. The smallest absolute Gasteiger partial charge is 0.326 e. The summed E-state index contributed by atoms with van der Waals surface area (Å²) < 4.78 is 11.1. The molecule has 1 amide bonds. The molecule has 0 saturated heterocycles. The van der Waals surface area contributed by atoms with Gasteiger partial charge in [0.15, 0.2) is 6.61 Å². The second kappa shape index (κ2) is 8.75. The Morgan fingerprint density at radius 3 is 2.55 bits per heavy atom. The number of ether oxygens (including phenoxy) is 2. The maximum absolute atomic E-state index is 11.6. The summed E-state index contributed by atoms with van der Waals surface area (Å²) >= 11 is 2.16. The van der Waals surface area contributed by atoms with Crippen molar-refractivity contribution in [1.29, 1.82) is 0 Å². The van der Waals surface area contributed by atoms with Gasteiger partial charge in [-0.15, -0.1) is 0 Å². The molecule has 0 aliphatic rings. The fourth-order valence-electron chi connectivity index (χ4n) is 1.41. The highest BCUT2D eigenvalue weighted by Gasteiger charge is 2.19. The van der Waals surface area contributed by atoms with E-state index in [1.54, 1.807) is 12.1 Å². The molecule has 1 atom stereocenters. The van der Waals surface area contributed by atoms with Gasteiger partial charge in [-0.1, -0.05) is 0 Å². The Balaban J connectivity index is 2.41. The van der Waals surface area contributed by atoms with Crippen LogP contribution < -0.4 is 10.1 Å². The van der Waals surface area contributed by atoms with E-state index in [1.165, 1.54) is 7.11 Å². The molecule has 2 N–H and O–H groups in total. The van der Waals surface area contributed by atoms with Gasteiger partial charge in [-0.25, -0.2) is 4.79 Å². The van der Waals surface area contributed by atoms with Gasteiger partial charge in [-0.3, -0.25) is 4.79 Å². The third kappa shape index (κ3) is 6.20. The van der Waals surface area contributed by atoms with E-state index in [4.69, 9.17) is 14.6 Å². The van der Waals surface area contributed by atoms with E-state index in [1.807, 2.05) is 12.1 Å². The minimum absolute atomic E-state index is 0.209. The summed E-state index contributed by atoms with van der Waals surface area (Å²) in [5.41, 5.74) is 0. The SMILES string of the molecule is COCCC(NC(=O)COc1ccc(I)cc1)C(=O)O. The lowest BCUT2D eigenvalue weighted by molar-refractivity contribution is -0.142. The van der Waals surface area contributed by atoms with Gasteiger partial charge >= 0.3 is 5.97 Å². The highest BCUT2D eigenvalue weighted by molar-refractivity contribution is 14.1. The first-order valence-corrected chi connectivity index (χ1v) is 7.00. The molecule has 0 fully saturated rings. The number of carboxylic acids is 1. The fraction of sp³-hybridized carbons (Fsp3) is 0.385. The molecule has 1 unspecified atom stereocenters. The quantitative estimate of drug-likeness (QED) is 0.650. The van der Waals surface area contributed by atoms with Gasteiger partial charge in [0.25, 0.3) is 5.91 Å². The molecule has 6 nitrogen and oxygen atoms in total. The molecule has 7 heteroatoms. The number of halogens is 1. The topological polar surface area (TPSA) is 84.9 Å². The van der Waals surface area contributed by atoms with Crippen molar-refractivity contribution < 1.29 is 24.2 Å². The number of benzene rings is 1. The first kappa shape index (κ1) is 16.7. The van der Waals surface area contributed by atoms with Gasteiger partial charge in [0, 0.05) is 23.7 Å². The van der Waals surface area contributed by atoms with Crippen LogP contribution in [0.4, 0.5) is 0 Å². The van der Waals surface area contributed by atoms with Crippen LogP contribution in [0.2, 0.25) is 0 Å². The normalized spacial score (nSPS) is 11.7. The van der Waals surface area contributed by atoms with Crippen molar-refractivity contribution in [2.45, 2.75) is 12.5 Å². The molecule has 0 saturated carbocycles. The van der Waals surface area contributed by atoms with Gasteiger partial charge in [0.2, 0.25) is 0 Å². The average molecular weight is 393 g/mol. The number of aliphatic carboxylic acids is 1. The summed E-state index contributed by atoms with van der Waals surface area (Å²) in [6, 6.07) is 6.23. The van der Waals surface area contributed by atoms with Crippen molar-refractivity contribution in [3.63, 3.8) is 0 Å². The van der Waals surface area contributed by atoms with E-state index >= 15 is 0 Å². The summed E-state index contributed by atoms with van der Waals surface area (Å²) in [6.07, 6.45) is 0.209. The first-order chi connectivity index (χ1) is 9.52. The predicted molar refractivity (Wildman–Crippen MR) is 80.7 cm³/mol. The summed E-state index contributed by atoms with van der Waals surface area (Å²) in [6.45, 7) is 0.0343. The van der Waals surface area contributed by atoms with Crippen LogP contribution in [0.5, 0.6) is 5.75 Å². The van der Waals surface area contributed by atoms with Gasteiger partial charge in [-0.2, -0.15) is 0 Å². The lowest BCUT2D eigenvalue weighted by atomic mass is 10.2. The Kier molecular flexibility index (Phi) is 7.31. The molecule has 0 radical (unpaired) electrons. The third-order valence-electron chi connectivity index (χ3n) is 2.43.